The third-order valence-corrected chi connectivity index (χ3v) is 4.48. The number of ether oxygens (including phenoxy) is 2. The Morgan fingerprint density at radius 3 is 2.81 bits per heavy atom. The molecule has 1 aliphatic rings. The van der Waals surface area contributed by atoms with Crippen molar-refractivity contribution in [3.05, 3.63) is 58.4 Å². The number of nitrogens with zero attached hydrogens (tertiary/aromatic N) is 2. The number of hydrogen-bond donors (Lipinski definition) is 2. The predicted octanol–water partition coefficient (Wildman–Crippen LogP) is 2.68. The van der Waals surface area contributed by atoms with Gasteiger partial charge in [-0.2, -0.15) is 5.26 Å². The number of allylic oxidation sites excluding steroid dienone is 1. The van der Waals surface area contributed by atoms with Crippen LogP contribution >= 0.6 is 0 Å². The summed E-state index contributed by atoms with van der Waals surface area (Å²) >= 11 is 0. The van der Waals surface area contributed by atoms with Crippen molar-refractivity contribution >= 4 is 11.6 Å². The van der Waals surface area contributed by atoms with Crippen molar-refractivity contribution in [1.82, 2.24) is 4.98 Å². The van der Waals surface area contributed by atoms with E-state index in [1.807, 2.05) is 13.0 Å². The molecule has 3 rings (SSSR count). The van der Waals surface area contributed by atoms with Gasteiger partial charge in [0.05, 0.1) is 36.8 Å². The van der Waals surface area contributed by atoms with Gasteiger partial charge in [-0.15, -0.1) is 0 Å². The number of pyridine rings is 1. The molecule has 0 fully saturated rings. The molecule has 0 saturated heterocycles. The van der Waals surface area contributed by atoms with E-state index in [1.165, 1.54) is 7.11 Å². The minimum atomic E-state index is -0.548. The van der Waals surface area contributed by atoms with Crippen molar-refractivity contribution in [3.63, 3.8) is 0 Å². The van der Waals surface area contributed by atoms with Gasteiger partial charge in [-0.25, -0.2) is 4.98 Å². The molecule has 7 heteroatoms. The van der Waals surface area contributed by atoms with Crippen molar-refractivity contribution in [2.45, 2.75) is 19.8 Å². The molecule has 1 aromatic carbocycles. The Hall–Kier alpha value is -3.53. The van der Waals surface area contributed by atoms with E-state index < -0.39 is 11.8 Å². The van der Waals surface area contributed by atoms with Crippen LogP contribution in [0.3, 0.4) is 0 Å². The number of fused-ring (bicyclic) bond motifs is 1. The molecule has 138 valence electrons. The summed E-state index contributed by atoms with van der Waals surface area (Å²) in [6.45, 7) is 4.09. The Morgan fingerprint density at radius 1 is 1.41 bits per heavy atom. The number of carbonyl (C=O) groups excluding carboxylic acids is 1. The second-order valence-electron chi connectivity index (χ2n) is 6.04. The van der Waals surface area contributed by atoms with Gasteiger partial charge in [-0.3, -0.25) is 4.79 Å². The maximum absolute atomic E-state index is 12.3. The number of hydrogen-bond acceptors (Lipinski definition) is 6. The minimum absolute atomic E-state index is 0.402. The standard InChI is InChI=1S/C20H20N4O3/c1-4-27-20-18-14(7-8-23-20)24-11(2)16(19(22)25)17(18)13-6-5-12(10-21)9-15(13)26-3/h5-9,17,24H,4H2,1-3H3,(H2,22,25)/t17-/m0/s1. The molecule has 1 aromatic heterocycles. The maximum atomic E-state index is 12.3. The average molecular weight is 364 g/mol. The molecule has 2 aromatic rings. The number of anilines is 1. The molecule has 0 spiro atoms. The van der Waals surface area contributed by atoms with Crippen molar-refractivity contribution in [1.29, 1.82) is 5.26 Å². The number of benzene rings is 1. The molecule has 0 bridgehead atoms. The fourth-order valence-corrected chi connectivity index (χ4v) is 3.38. The lowest BCUT2D eigenvalue weighted by atomic mass is 9.80. The second-order valence-corrected chi connectivity index (χ2v) is 6.04. The summed E-state index contributed by atoms with van der Waals surface area (Å²) in [5, 5.41) is 12.4. The topological polar surface area (TPSA) is 110 Å². The van der Waals surface area contributed by atoms with Crippen LogP contribution in [-0.2, 0) is 4.79 Å². The van der Waals surface area contributed by atoms with Gasteiger partial charge in [0, 0.05) is 28.7 Å². The van der Waals surface area contributed by atoms with E-state index in [-0.39, 0.29) is 0 Å². The summed E-state index contributed by atoms with van der Waals surface area (Å²) in [6, 6.07) is 9.01. The molecule has 2 heterocycles. The Morgan fingerprint density at radius 2 is 2.19 bits per heavy atom. The molecule has 0 aliphatic carbocycles. The molecule has 0 unspecified atom stereocenters. The van der Waals surface area contributed by atoms with Gasteiger partial charge in [-0.05, 0) is 32.0 Å². The van der Waals surface area contributed by atoms with E-state index >= 15 is 0 Å². The summed E-state index contributed by atoms with van der Waals surface area (Å²) < 4.78 is 11.2. The van der Waals surface area contributed by atoms with Crippen molar-refractivity contribution < 1.29 is 14.3 Å². The van der Waals surface area contributed by atoms with Crippen LogP contribution in [-0.4, -0.2) is 24.6 Å². The first-order valence-electron chi connectivity index (χ1n) is 8.49. The summed E-state index contributed by atoms with van der Waals surface area (Å²) in [4.78, 5) is 16.7. The van der Waals surface area contributed by atoms with Gasteiger partial charge in [0.25, 0.3) is 0 Å². The SMILES string of the molecule is CCOc1nccc2c1[C@@H](c1ccc(C#N)cc1OC)C(C(N)=O)=C(C)N2. The molecule has 0 saturated carbocycles. The third kappa shape index (κ3) is 3.17. The molecule has 0 radical (unpaired) electrons. The van der Waals surface area contributed by atoms with E-state index in [2.05, 4.69) is 16.4 Å². The van der Waals surface area contributed by atoms with Crippen LogP contribution in [0.25, 0.3) is 0 Å². The van der Waals surface area contributed by atoms with E-state index in [0.29, 0.717) is 46.2 Å². The Bertz CT molecular complexity index is 976. The summed E-state index contributed by atoms with van der Waals surface area (Å²) in [7, 11) is 1.52. The van der Waals surface area contributed by atoms with Crippen LogP contribution < -0.4 is 20.5 Å². The average Bonchev–Trinajstić information content (AvgIpc) is 2.66. The van der Waals surface area contributed by atoms with Crippen LogP contribution in [0, 0.1) is 11.3 Å². The van der Waals surface area contributed by atoms with E-state index in [9.17, 15) is 10.1 Å². The van der Waals surface area contributed by atoms with Crippen LogP contribution in [0.5, 0.6) is 11.6 Å². The zero-order chi connectivity index (χ0) is 19.6. The summed E-state index contributed by atoms with van der Waals surface area (Å²) in [5.74, 6) is -0.167. The molecule has 7 nitrogen and oxygen atoms in total. The number of rotatable bonds is 5. The molecule has 1 amide bonds. The van der Waals surface area contributed by atoms with E-state index in [1.54, 1.807) is 31.3 Å². The van der Waals surface area contributed by atoms with Crippen LogP contribution in [0.1, 0.15) is 36.5 Å². The van der Waals surface area contributed by atoms with Crippen LogP contribution in [0.4, 0.5) is 5.69 Å². The quantitative estimate of drug-likeness (QED) is 0.844. The Balaban J connectivity index is 2.32. The maximum Gasteiger partial charge on any atom is 0.247 e. The number of methoxy groups -OCH3 is 1. The monoisotopic (exact) mass is 364 g/mol. The number of nitrogens with one attached hydrogen (secondary N) is 1. The zero-order valence-corrected chi connectivity index (χ0v) is 15.4. The second kappa shape index (κ2) is 7.38. The number of carbonyl (C=O) groups is 1. The van der Waals surface area contributed by atoms with E-state index in [0.717, 1.165) is 5.69 Å². The number of nitrogens with two attached hydrogens (primary N) is 1. The Kier molecular flexibility index (Phi) is 4.99. The third-order valence-electron chi connectivity index (χ3n) is 4.48. The highest BCUT2D eigenvalue weighted by atomic mass is 16.5. The molecule has 27 heavy (non-hydrogen) atoms. The first kappa shape index (κ1) is 18.3. The smallest absolute Gasteiger partial charge is 0.247 e. The lowest BCUT2D eigenvalue weighted by Gasteiger charge is -2.31. The fraction of sp³-hybridized carbons (Fsp3) is 0.250. The predicted molar refractivity (Wildman–Crippen MR) is 100 cm³/mol. The minimum Gasteiger partial charge on any atom is -0.496 e. The van der Waals surface area contributed by atoms with Gasteiger partial charge in [0.1, 0.15) is 5.75 Å². The van der Waals surface area contributed by atoms with Gasteiger partial charge < -0.3 is 20.5 Å². The zero-order valence-electron chi connectivity index (χ0n) is 15.4. The first-order valence-corrected chi connectivity index (χ1v) is 8.49. The lowest BCUT2D eigenvalue weighted by Crippen LogP contribution is -2.28. The van der Waals surface area contributed by atoms with Gasteiger partial charge >= 0.3 is 0 Å². The largest absolute Gasteiger partial charge is 0.496 e. The molecular weight excluding hydrogens is 344 g/mol. The van der Waals surface area contributed by atoms with Crippen molar-refractivity contribution in [2.24, 2.45) is 5.73 Å². The van der Waals surface area contributed by atoms with Crippen LogP contribution in [0.2, 0.25) is 0 Å². The van der Waals surface area contributed by atoms with Gasteiger partial charge in [0.2, 0.25) is 11.8 Å². The van der Waals surface area contributed by atoms with E-state index in [4.69, 9.17) is 15.2 Å². The summed E-state index contributed by atoms with van der Waals surface area (Å²) in [5.41, 5.74) is 9.44. The highest BCUT2D eigenvalue weighted by Crippen LogP contribution is 2.47. The molecule has 1 atom stereocenters. The first-order chi connectivity index (χ1) is 13.0. The number of aromatic nitrogens is 1. The highest BCUT2D eigenvalue weighted by molar-refractivity contribution is 5.98. The molecule has 3 N–H and O–H groups in total. The van der Waals surface area contributed by atoms with Crippen molar-refractivity contribution in [3.8, 4) is 17.7 Å². The highest BCUT2D eigenvalue weighted by Gasteiger charge is 2.36. The normalized spacial score (nSPS) is 15.4. The molecule has 1 aliphatic heterocycles. The van der Waals surface area contributed by atoms with Crippen LogP contribution in [0.15, 0.2) is 41.7 Å². The van der Waals surface area contributed by atoms with Gasteiger partial charge in [0.15, 0.2) is 0 Å². The Labute approximate surface area is 157 Å². The number of nitriles is 1. The van der Waals surface area contributed by atoms with Gasteiger partial charge in [-0.1, -0.05) is 6.07 Å². The summed E-state index contributed by atoms with van der Waals surface area (Å²) in [6.07, 6.45) is 1.65. The molecular formula is C20H20N4O3. The van der Waals surface area contributed by atoms with Crippen molar-refractivity contribution in [2.75, 3.05) is 19.0 Å². The number of amides is 1. The lowest BCUT2D eigenvalue weighted by molar-refractivity contribution is -0.114. The number of primary amides is 1. The fourth-order valence-electron chi connectivity index (χ4n) is 3.38.